The Balaban J connectivity index is 2.24. The van der Waals surface area contributed by atoms with Crippen molar-refractivity contribution in [2.75, 3.05) is 26.2 Å². The van der Waals surface area contributed by atoms with E-state index in [0.717, 1.165) is 0 Å². The number of nitrogens with zero attached hydrogens (tertiary/aromatic N) is 1. The maximum atomic E-state index is 11.5. The first-order chi connectivity index (χ1) is 7.34. The predicted octanol–water partition coefficient (Wildman–Crippen LogP) is -0.401. The van der Waals surface area contributed by atoms with Crippen molar-refractivity contribution in [2.24, 2.45) is 11.3 Å². The number of carbonyl (C=O) groups is 2. The summed E-state index contributed by atoms with van der Waals surface area (Å²) < 4.78 is 0. The molecule has 0 radical (unpaired) electrons. The molecule has 0 spiro atoms. The average Bonchev–Trinajstić information content (AvgIpc) is 2.10. The van der Waals surface area contributed by atoms with E-state index in [9.17, 15) is 9.59 Å². The number of hydrogen-bond acceptors (Lipinski definition) is 3. The molecule has 0 aliphatic carbocycles. The highest BCUT2D eigenvalue weighted by atomic mass is 16.3. The summed E-state index contributed by atoms with van der Waals surface area (Å²) in [4.78, 5) is 24.7. The quantitative estimate of drug-likeness (QED) is 0.690. The number of hydrogen-bond donors (Lipinski definition) is 2. The van der Waals surface area contributed by atoms with Crippen LogP contribution >= 0.6 is 0 Å². The second-order valence-electron chi connectivity index (χ2n) is 5.28. The highest BCUT2D eigenvalue weighted by Gasteiger charge is 2.30. The molecule has 5 nitrogen and oxygen atoms in total. The van der Waals surface area contributed by atoms with Crippen LogP contribution in [-0.4, -0.2) is 48.1 Å². The van der Waals surface area contributed by atoms with Crippen molar-refractivity contribution in [3.63, 3.8) is 0 Å². The Labute approximate surface area is 95.8 Å². The van der Waals surface area contributed by atoms with Crippen molar-refractivity contribution in [3.05, 3.63) is 0 Å². The third-order valence-corrected chi connectivity index (χ3v) is 2.65. The minimum Gasteiger partial charge on any atom is -0.396 e. The van der Waals surface area contributed by atoms with Crippen molar-refractivity contribution in [1.82, 2.24) is 10.2 Å². The molecular formula is C11H20N2O3. The zero-order valence-corrected chi connectivity index (χ0v) is 10.1. The molecule has 2 amide bonds. The SMILES string of the molecule is CC(C)(C)C(=O)NCC(=O)N1CC(CO)C1. The molecule has 1 aliphatic heterocycles. The van der Waals surface area contributed by atoms with Crippen LogP contribution in [0.1, 0.15) is 20.8 Å². The summed E-state index contributed by atoms with van der Waals surface area (Å²) in [5.41, 5.74) is -0.469. The predicted molar refractivity (Wildman–Crippen MR) is 59.6 cm³/mol. The van der Waals surface area contributed by atoms with Gasteiger partial charge in [-0.05, 0) is 0 Å². The van der Waals surface area contributed by atoms with Crippen molar-refractivity contribution in [1.29, 1.82) is 0 Å². The van der Waals surface area contributed by atoms with E-state index in [2.05, 4.69) is 5.32 Å². The summed E-state index contributed by atoms with van der Waals surface area (Å²) in [7, 11) is 0. The van der Waals surface area contributed by atoms with Gasteiger partial charge in [-0.1, -0.05) is 20.8 Å². The minimum atomic E-state index is -0.469. The van der Waals surface area contributed by atoms with Crippen LogP contribution in [0.4, 0.5) is 0 Å². The van der Waals surface area contributed by atoms with E-state index in [1.54, 1.807) is 25.7 Å². The molecular weight excluding hydrogens is 208 g/mol. The molecule has 0 aromatic heterocycles. The first-order valence-corrected chi connectivity index (χ1v) is 5.51. The molecule has 0 bridgehead atoms. The molecule has 1 saturated heterocycles. The van der Waals surface area contributed by atoms with E-state index in [1.807, 2.05) is 0 Å². The van der Waals surface area contributed by atoms with Gasteiger partial charge in [-0.25, -0.2) is 0 Å². The number of aliphatic hydroxyl groups excluding tert-OH is 1. The van der Waals surface area contributed by atoms with E-state index >= 15 is 0 Å². The first-order valence-electron chi connectivity index (χ1n) is 5.51. The van der Waals surface area contributed by atoms with Crippen LogP contribution in [-0.2, 0) is 9.59 Å². The maximum absolute atomic E-state index is 11.5. The van der Waals surface area contributed by atoms with Crippen LogP contribution in [0.15, 0.2) is 0 Å². The smallest absolute Gasteiger partial charge is 0.241 e. The van der Waals surface area contributed by atoms with Crippen LogP contribution in [0, 0.1) is 11.3 Å². The molecule has 0 unspecified atom stereocenters. The molecule has 0 saturated carbocycles. The van der Waals surface area contributed by atoms with Crippen LogP contribution in [0.25, 0.3) is 0 Å². The summed E-state index contributed by atoms with van der Waals surface area (Å²) in [5, 5.41) is 11.4. The third kappa shape index (κ3) is 3.20. The van der Waals surface area contributed by atoms with Gasteiger partial charge in [-0.2, -0.15) is 0 Å². The summed E-state index contributed by atoms with van der Waals surface area (Å²) in [5.74, 6) is 0.00430. The largest absolute Gasteiger partial charge is 0.396 e. The standard InChI is InChI=1S/C11H20N2O3/c1-11(2,3)10(16)12-4-9(15)13-5-8(6-13)7-14/h8,14H,4-7H2,1-3H3,(H,12,16). The van der Waals surface area contributed by atoms with E-state index < -0.39 is 5.41 Å². The number of rotatable bonds is 3. The zero-order valence-electron chi connectivity index (χ0n) is 10.1. The van der Waals surface area contributed by atoms with Crippen molar-refractivity contribution in [3.8, 4) is 0 Å². The topological polar surface area (TPSA) is 69.6 Å². The molecule has 92 valence electrons. The summed E-state index contributed by atoms with van der Waals surface area (Å²) in [6, 6.07) is 0. The van der Waals surface area contributed by atoms with E-state index in [1.165, 1.54) is 0 Å². The van der Waals surface area contributed by atoms with Gasteiger partial charge in [0.15, 0.2) is 0 Å². The molecule has 0 aromatic carbocycles. The number of nitrogens with one attached hydrogen (secondary N) is 1. The Morgan fingerprint density at radius 2 is 1.94 bits per heavy atom. The van der Waals surface area contributed by atoms with E-state index in [4.69, 9.17) is 5.11 Å². The normalized spacial score (nSPS) is 16.9. The first kappa shape index (κ1) is 13.0. The molecule has 16 heavy (non-hydrogen) atoms. The lowest BCUT2D eigenvalue weighted by molar-refractivity contribution is -0.140. The molecule has 1 heterocycles. The zero-order chi connectivity index (χ0) is 12.3. The van der Waals surface area contributed by atoms with Gasteiger partial charge in [0.2, 0.25) is 11.8 Å². The van der Waals surface area contributed by atoms with E-state index in [-0.39, 0.29) is 30.9 Å². The summed E-state index contributed by atoms with van der Waals surface area (Å²) in [6.45, 7) is 6.78. The Morgan fingerprint density at radius 3 is 2.38 bits per heavy atom. The molecule has 0 atom stereocenters. The molecule has 1 rings (SSSR count). The Kier molecular flexibility index (Phi) is 3.91. The lowest BCUT2D eigenvalue weighted by Crippen LogP contribution is -2.54. The van der Waals surface area contributed by atoms with Crippen LogP contribution in [0.3, 0.4) is 0 Å². The van der Waals surface area contributed by atoms with Gasteiger partial charge in [-0.3, -0.25) is 9.59 Å². The number of amides is 2. The van der Waals surface area contributed by atoms with E-state index in [0.29, 0.717) is 13.1 Å². The van der Waals surface area contributed by atoms with Gasteiger partial charge in [0.05, 0.1) is 6.54 Å². The lowest BCUT2D eigenvalue weighted by Gasteiger charge is -2.38. The lowest BCUT2D eigenvalue weighted by atomic mass is 9.95. The molecule has 5 heteroatoms. The summed E-state index contributed by atoms with van der Waals surface area (Å²) in [6.07, 6.45) is 0. The van der Waals surface area contributed by atoms with Gasteiger partial charge in [0.25, 0.3) is 0 Å². The van der Waals surface area contributed by atoms with Gasteiger partial charge in [-0.15, -0.1) is 0 Å². The molecule has 2 N–H and O–H groups in total. The number of carbonyl (C=O) groups excluding carboxylic acids is 2. The monoisotopic (exact) mass is 228 g/mol. The maximum Gasteiger partial charge on any atom is 0.241 e. The summed E-state index contributed by atoms with van der Waals surface area (Å²) >= 11 is 0. The number of aliphatic hydroxyl groups is 1. The second kappa shape index (κ2) is 4.82. The van der Waals surface area contributed by atoms with Crippen LogP contribution < -0.4 is 5.32 Å². The Hall–Kier alpha value is -1.10. The van der Waals surface area contributed by atoms with Gasteiger partial charge < -0.3 is 15.3 Å². The highest BCUT2D eigenvalue weighted by molar-refractivity contribution is 5.87. The van der Waals surface area contributed by atoms with Crippen molar-refractivity contribution < 1.29 is 14.7 Å². The Morgan fingerprint density at radius 1 is 1.38 bits per heavy atom. The number of likely N-dealkylation sites (tertiary alicyclic amines) is 1. The van der Waals surface area contributed by atoms with Crippen molar-refractivity contribution in [2.45, 2.75) is 20.8 Å². The Bertz CT molecular complexity index is 277. The van der Waals surface area contributed by atoms with Crippen LogP contribution in [0.2, 0.25) is 0 Å². The van der Waals surface area contributed by atoms with Gasteiger partial charge in [0.1, 0.15) is 0 Å². The van der Waals surface area contributed by atoms with Crippen molar-refractivity contribution >= 4 is 11.8 Å². The third-order valence-electron chi connectivity index (χ3n) is 2.65. The molecule has 1 aliphatic rings. The fourth-order valence-electron chi connectivity index (χ4n) is 1.42. The average molecular weight is 228 g/mol. The fraction of sp³-hybridized carbons (Fsp3) is 0.818. The van der Waals surface area contributed by atoms with Crippen LogP contribution in [0.5, 0.6) is 0 Å². The molecule has 1 fully saturated rings. The second-order valence-corrected chi connectivity index (χ2v) is 5.28. The molecule has 0 aromatic rings. The fourth-order valence-corrected chi connectivity index (χ4v) is 1.42. The minimum absolute atomic E-state index is 0.0499. The van der Waals surface area contributed by atoms with Gasteiger partial charge in [0, 0.05) is 31.0 Å². The van der Waals surface area contributed by atoms with Gasteiger partial charge >= 0.3 is 0 Å². The highest BCUT2D eigenvalue weighted by Crippen LogP contribution is 2.15.